The van der Waals surface area contributed by atoms with Crippen LogP contribution in [-0.2, 0) is 15.8 Å². The van der Waals surface area contributed by atoms with Crippen LogP contribution in [0.3, 0.4) is 0 Å². The van der Waals surface area contributed by atoms with Crippen LogP contribution in [0.15, 0.2) is 18.2 Å². The lowest BCUT2D eigenvalue weighted by molar-refractivity contribution is -0.137. The van der Waals surface area contributed by atoms with Crippen molar-refractivity contribution in [1.82, 2.24) is 5.32 Å². The Bertz CT molecular complexity index is 560. The number of rotatable bonds is 1. The minimum absolute atomic E-state index is 0.0313. The van der Waals surface area contributed by atoms with Crippen molar-refractivity contribution in [3.63, 3.8) is 0 Å². The summed E-state index contributed by atoms with van der Waals surface area (Å²) in [6.45, 7) is -0.202. The van der Waals surface area contributed by atoms with E-state index in [1.165, 1.54) is 6.07 Å². The summed E-state index contributed by atoms with van der Waals surface area (Å²) in [6, 6.07) is 3.23. The highest BCUT2D eigenvalue weighted by molar-refractivity contribution is 6.31. The summed E-state index contributed by atoms with van der Waals surface area (Å²) in [6.07, 6.45) is -4.56. The molecule has 20 heavy (non-hydrogen) atoms. The number of benzene rings is 1. The van der Waals surface area contributed by atoms with Gasteiger partial charge in [-0.2, -0.15) is 13.2 Å². The van der Waals surface area contributed by atoms with E-state index in [4.69, 9.17) is 11.6 Å². The molecule has 2 amide bonds. The quantitative estimate of drug-likeness (QED) is 0.865. The van der Waals surface area contributed by atoms with Crippen LogP contribution < -0.4 is 10.2 Å². The molecule has 1 fully saturated rings. The van der Waals surface area contributed by atoms with Crippen LogP contribution in [-0.4, -0.2) is 24.9 Å². The van der Waals surface area contributed by atoms with E-state index in [9.17, 15) is 22.8 Å². The van der Waals surface area contributed by atoms with E-state index < -0.39 is 22.7 Å². The third-order valence-corrected chi connectivity index (χ3v) is 3.20. The van der Waals surface area contributed by atoms with Crippen LogP contribution >= 0.6 is 11.6 Å². The molecule has 108 valence electrons. The summed E-state index contributed by atoms with van der Waals surface area (Å²) < 4.78 is 38.3. The van der Waals surface area contributed by atoms with Gasteiger partial charge in [-0.1, -0.05) is 11.6 Å². The van der Waals surface area contributed by atoms with Crippen molar-refractivity contribution < 1.29 is 22.8 Å². The second-order valence-electron chi connectivity index (χ2n) is 4.23. The van der Waals surface area contributed by atoms with Gasteiger partial charge >= 0.3 is 6.18 Å². The molecular formula is C12H10ClF3N2O2. The van der Waals surface area contributed by atoms with E-state index in [0.29, 0.717) is 0 Å². The molecular weight excluding hydrogens is 297 g/mol. The number of nitrogens with one attached hydrogen (secondary N) is 1. The number of anilines is 1. The van der Waals surface area contributed by atoms with Gasteiger partial charge in [-0.25, -0.2) is 0 Å². The number of carbonyl (C=O) groups is 2. The maximum absolute atomic E-state index is 12.8. The fourth-order valence-corrected chi connectivity index (χ4v) is 2.09. The largest absolute Gasteiger partial charge is 0.417 e. The molecule has 1 N–H and O–H groups in total. The van der Waals surface area contributed by atoms with Crippen molar-refractivity contribution in [3.05, 3.63) is 28.8 Å². The number of halogens is 4. The number of alkyl halides is 3. The maximum atomic E-state index is 12.8. The fourth-order valence-electron chi connectivity index (χ4n) is 1.87. The van der Waals surface area contributed by atoms with Crippen LogP contribution in [0.25, 0.3) is 0 Å². The van der Waals surface area contributed by atoms with Gasteiger partial charge in [-0.15, -0.1) is 0 Å². The molecule has 0 bridgehead atoms. The van der Waals surface area contributed by atoms with Crippen molar-refractivity contribution in [1.29, 1.82) is 0 Å². The molecule has 8 heteroatoms. The zero-order chi connectivity index (χ0) is 14.9. The number of amides is 2. The van der Waals surface area contributed by atoms with Crippen molar-refractivity contribution in [3.8, 4) is 0 Å². The maximum Gasteiger partial charge on any atom is 0.417 e. The molecule has 1 aromatic rings. The first-order chi connectivity index (χ1) is 9.29. The van der Waals surface area contributed by atoms with Gasteiger partial charge in [0, 0.05) is 18.7 Å². The number of hydrogen-bond donors (Lipinski definition) is 1. The number of carbonyl (C=O) groups excluding carboxylic acids is 2. The summed E-state index contributed by atoms with van der Waals surface area (Å²) in [4.78, 5) is 24.1. The van der Waals surface area contributed by atoms with Crippen LogP contribution in [0.5, 0.6) is 0 Å². The van der Waals surface area contributed by atoms with Crippen molar-refractivity contribution in [2.75, 3.05) is 18.0 Å². The number of hydrogen-bond acceptors (Lipinski definition) is 2. The van der Waals surface area contributed by atoms with E-state index in [1.54, 1.807) is 0 Å². The molecule has 0 unspecified atom stereocenters. The minimum Gasteiger partial charge on any atom is -0.347 e. The van der Waals surface area contributed by atoms with E-state index in [2.05, 4.69) is 5.32 Å². The second kappa shape index (κ2) is 5.32. The van der Waals surface area contributed by atoms with Crippen LogP contribution in [0.4, 0.5) is 18.9 Å². The first kappa shape index (κ1) is 14.6. The van der Waals surface area contributed by atoms with Gasteiger partial charge < -0.3 is 10.2 Å². The zero-order valence-electron chi connectivity index (χ0n) is 10.1. The van der Waals surface area contributed by atoms with E-state index in [1.807, 2.05) is 0 Å². The summed E-state index contributed by atoms with van der Waals surface area (Å²) in [5, 5.41) is 1.94. The molecule has 1 aliphatic rings. The first-order valence-corrected chi connectivity index (χ1v) is 6.10. The Morgan fingerprint density at radius 3 is 2.60 bits per heavy atom. The predicted molar refractivity (Wildman–Crippen MR) is 66.4 cm³/mol. The van der Waals surface area contributed by atoms with E-state index in [-0.39, 0.29) is 31.1 Å². The van der Waals surface area contributed by atoms with E-state index in [0.717, 1.165) is 17.0 Å². The molecule has 4 nitrogen and oxygen atoms in total. The molecule has 1 saturated heterocycles. The van der Waals surface area contributed by atoms with Gasteiger partial charge in [0.25, 0.3) is 0 Å². The Kier molecular flexibility index (Phi) is 3.89. The molecule has 1 aromatic carbocycles. The molecule has 1 heterocycles. The van der Waals surface area contributed by atoms with E-state index >= 15 is 0 Å². The summed E-state index contributed by atoms with van der Waals surface area (Å²) in [5.74, 6) is -0.780. The van der Waals surface area contributed by atoms with Crippen molar-refractivity contribution in [2.24, 2.45) is 0 Å². The standard InChI is InChI=1S/C12H10ClF3N2O2/c13-9-2-1-7(5-8(9)12(14,15)16)18-4-3-10(19)17-6-11(18)20/h1-2,5H,3-4,6H2,(H,17,19). The van der Waals surface area contributed by atoms with Gasteiger partial charge in [0.05, 0.1) is 17.1 Å². The Morgan fingerprint density at radius 1 is 1.25 bits per heavy atom. The van der Waals surface area contributed by atoms with Gasteiger partial charge in [0.1, 0.15) is 0 Å². The minimum atomic E-state index is -4.60. The third-order valence-electron chi connectivity index (χ3n) is 2.87. The summed E-state index contributed by atoms with van der Waals surface area (Å²) in [7, 11) is 0. The lowest BCUT2D eigenvalue weighted by Gasteiger charge is -2.21. The molecule has 0 atom stereocenters. The summed E-state index contributed by atoms with van der Waals surface area (Å²) in [5.41, 5.74) is -0.934. The SMILES string of the molecule is O=C1CCN(c2ccc(Cl)c(C(F)(F)F)c2)C(=O)CN1. The van der Waals surface area contributed by atoms with Gasteiger partial charge in [-0.05, 0) is 18.2 Å². The predicted octanol–water partition coefficient (Wildman–Crippen LogP) is 2.21. The average molecular weight is 307 g/mol. The molecule has 0 radical (unpaired) electrons. The normalized spacial score (nSPS) is 16.9. The Balaban J connectivity index is 2.37. The topological polar surface area (TPSA) is 49.4 Å². The lowest BCUT2D eigenvalue weighted by Crippen LogP contribution is -2.35. The van der Waals surface area contributed by atoms with Crippen LogP contribution in [0, 0.1) is 0 Å². The van der Waals surface area contributed by atoms with Crippen LogP contribution in [0.2, 0.25) is 5.02 Å². The first-order valence-electron chi connectivity index (χ1n) is 5.73. The molecule has 1 aliphatic heterocycles. The Morgan fingerprint density at radius 2 is 1.95 bits per heavy atom. The highest BCUT2D eigenvalue weighted by Crippen LogP contribution is 2.37. The van der Waals surface area contributed by atoms with Crippen molar-refractivity contribution >= 4 is 29.1 Å². The average Bonchev–Trinajstić information content (AvgIpc) is 2.52. The Labute approximate surface area is 117 Å². The molecule has 0 saturated carbocycles. The second-order valence-corrected chi connectivity index (χ2v) is 4.64. The Hall–Kier alpha value is -1.76. The highest BCUT2D eigenvalue weighted by atomic mass is 35.5. The van der Waals surface area contributed by atoms with Gasteiger partial charge in [-0.3, -0.25) is 9.59 Å². The smallest absolute Gasteiger partial charge is 0.347 e. The highest BCUT2D eigenvalue weighted by Gasteiger charge is 2.34. The van der Waals surface area contributed by atoms with Crippen molar-refractivity contribution in [2.45, 2.75) is 12.6 Å². The van der Waals surface area contributed by atoms with Gasteiger partial charge in [0.2, 0.25) is 11.8 Å². The monoisotopic (exact) mass is 306 g/mol. The van der Waals surface area contributed by atoms with Crippen LogP contribution in [0.1, 0.15) is 12.0 Å². The summed E-state index contributed by atoms with van der Waals surface area (Å²) >= 11 is 5.52. The zero-order valence-corrected chi connectivity index (χ0v) is 10.9. The molecule has 2 rings (SSSR count). The number of nitrogens with zero attached hydrogens (tertiary/aromatic N) is 1. The fraction of sp³-hybridized carbons (Fsp3) is 0.333. The van der Waals surface area contributed by atoms with Gasteiger partial charge in [0.15, 0.2) is 0 Å². The molecule has 0 aromatic heterocycles. The third kappa shape index (κ3) is 3.04. The lowest BCUT2D eigenvalue weighted by atomic mass is 10.1. The molecule has 0 spiro atoms. The molecule has 0 aliphatic carbocycles.